The van der Waals surface area contributed by atoms with Gasteiger partial charge in [-0.3, -0.25) is 25.3 Å². The molecule has 0 saturated carbocycles. The van der Waals surface area contributed by atoms with Crippen LogP contribution in [0.1, 0.15) is 88.9 Å². The van der Waals surface area contributed by atoms with E-state index in [9.17, 15) is 9.59 Å². The molecule has 0 bridgehead atoms. The number of fused-ring (bicyclic) bond motifs is 2. The third-order valence-electron chi connectivity index (χ3n) is 14.1. The van der Waals surface area contributed by atoms with Gasteiger partial charge in [0.2, 0.25) is 11.9 Å². The molecule has 19 nitrogen and oxygen atoms in total. The molecule has 1 aliphatic heterocycles. The molecule has 5 heterocycles. The zero-order chi connectivity index (χ0) is 56.1. The second-order valence-electron chi connectivity index (χ2n) is 19.9. The predicted octanol–water partition coefficient (Wildman–Crippen LogP) is 8.21. The molecule has 19 heteroatoms. The molecule has 418 valence electrons. The van der Waals surface area contributed by atoms with Crippen LogP contribution in [0.25, 0.3) is 44.3 Å². The number of carbonyl (C=O) groups excluding carboxylic acids is 2. The molecule has 0 spiro atoms. The van der Waals surface area contributed by atoms with Crippen molar-refractivity contribution in [1.29, 1.82) is 10.8 Å². The summed E-state index contributed by atoms with van der Waals surface area (Å²) < 4.78 is 5.39. The van der Waals surface area contributed by atoms with Gasteiger partial charge < -0.3 is 52.3 Å². The summed E-state index contributed by atoms with van der Waals surface area (Å²) in [6, 6.07) is 30.7. The number of anilines is 2. The molecule has 0 unspecified atom stereocenters. The van der Waals surface area contributed by atoms with Gasteiger partial charge in [-0.25, -0.2) is 19.9 Å². The van der Waals surface area contributed by atoms with Crippen LogP contribution in [0.15, 0.2) is 122 Å². The molecule has 1 saturated heterocycles. The Morgan fingerprint density at radius 3 is 1.55 bits per heavy atom. The predicted molar refractivity (Wildman–Crippen MR) is 321 cm³/mol. The maximum atomic E-state index is 12.8. The number of nitrogens with two attached hydrogens (primary N) is 2. The Bertz CT molecular complexity index is 3290. The van der Waals surface area contributed by atoms with Gasteiger partial charge >= 0.3 is 0 Å². The fourth-order valence-corrected chi connectivity index (χ4v) is 9.48. The number of amides is 2. The first-order valence-electron chi connectivity index (χ1n) is 27.9. The second kappa shape index (κ2) is 29.5. The highest BCUT2D eigenvalue weighted by Gasteiger charge is 2.14. The summed E-state index contributed by atoms with van der Waals surface area (Å²) in [5.74, 6) is 1.03. The first kappa shape index (κ1) is 57.6. The van der Waals surface area contributed by atoms with Crippen molar-refractivity contribution in [3.63, 3.8) is 0 Å². The van der Waals surface area contributed by atoms with E-state index in [0.717, 1.165) is 127 Å². The van der Waals surface area contributed by atoms with E-state index in [1.54, 1.807) is 24.8 Å². The fraction of sp³-hybridized carbons (Fsp3) is 0.344. The number of unbranched alkanes of at least 4 members (excludes halogenated alkanes) is 2. The number of carbonyl (C=O) groups is 2. The lowest BCUT2D eigenvalue weighted by molar-refractivity contribution is 0.0378. The number of aromatic nitrogens is 6. The number of nitrogens with zero attached hydrogens (tertiary/aromatic N) is 6. The van der Waals surface area contributed by atoms with Crippen molar-refractivity contribution >= 4 is 57.2 Å². The first-order valence-corrected chi connectivity index (χ1v) is 27.9. The number of morpholine rings is 1. The van der Waals surface area contributed by atoms with Gasteiger partial charge in [-0.2, -0.15) is 0 Å². The van der Waals surface area contributed by atoms with E-state index in [2.05, 4.69) is 69.8 Å². The summed E-state index contributed by atoms with van der Waals surface area (Å²) in [5.41, 5.74) is 21.4. The van der Waals surface area contributed by atoms with Crippen molar-refractivity contribution in [2.24, 2.45) is 11.5 Å². The largest absolute Gasteiger partial charge is 0.384 e. The first-order chi connectivity index (χ1) is 39.0. The number of H-pyrrole nitrogens is 2. The molecule has 0 aliphatic carbocycles. The number of nitrogens with one attached hydrogen (secondary N) is 8. The Labute approximate surface area is 468 Å². The van der Waals surface area contributed by atoms with Crippen molar-refractivity contribution in [3.05, 3.63) is 155 Å². The number of hydrogen-bond donors (Lipinski definition) is 10. The molecule has 12 N–H and O–H groups in total. The summed E-state index contributed by atoms with van der Waals surface area (Å²) in [6.07, 6.45) is 14.2. The Hall–Kier alpha value is -8.52. The van der Waals surface area contributed by atoms with Gasteiger partial charge in [0.1, 0.15) is 11.7 Å². The van der Waals surface area contributed by atoms with Gasteiger partial charge in [0.05, 0.1) is 24.6 Å². The SMILES string of the molecule is CCCCN(CCCC)CCNc1nccc(-c2ccc(C(=O)NCCc3ccc4[nH]cc(C(=N)N)c4c3)cc2)n1.N=C(N)c1c[nH]c2ccc(CCNC(=O)c3ccc(-c4ccnc(NCCCN5CCOCC5)n4)cc3)cc12. The molecule has 9 rings (SSSR count). The van der Waals surface area contributed by atoms with E-state index in [-0.39, 0.29) is 23.5 Å². The van der Waals surface area contributed by atoms with Gasteiger partial charge in [0, 0.05) is 126 Å². The lowest BCUT2D eigenvalue weighted by Gasteiger charge is -2.26. The molecular weight excluding hydrogens is 1000 g/mol. The van der Waals surface area contributed by atoms with Crippen LogP contribution in [0, 0.1) is 10.8 Å². The number of amidine groups is 2. The highest BCUT2D eigenvalue weighted by Crippen LogP contribution is 2.23. The minimum absolute atomic E-state index is 0.0316. The van der Waals surface area contributed by atoms with Crippen molar-refractivity contribution < 1.29 is 14.3 Å². The summed E-state index contributed by atoms with van der Waals surface area (Å²) in [5, 5.41) is 30.0. The van der Waals surface area contributed by atoms with E-state index < -0.39 is 0 Å². The van der Waals surface area contributed by atoms with Crippen molar-refractivity contribution in [2.75, 3.05) is 89.3 Å². The Morgan fingerprint density at radius 1 is 0.613 bits per heavy atom. The van der Waals surface area contributed by atoms with Crippen LogP contribution < -0.4 is 32.7 Å². The average Bonchev–Trinajstić information content (AvgIpc) is 4.13. The number of hydrogen-bond acceptors (Lipinski definition) is 13. The molecule has 4 aromatic carbocycles. The number of benzene rings is 4. The topological polar surface area (TPSA) is 281 Å². The molecule has 0 atom stereocenters. The Morgan fingerprint density at radius 2 is 1.09 bits per heavy atom. The summed E-state index contributed by atoms with van der Waals surface area (Å²) in [4.78, 5) is 54.7. The molecular formula is C61H76N16O3. The third-order valence-corrected chi connectivity index (χ3v) is 14.1. The molecule has 8 aromatic rings. The lowest BCUT2D eigenvalue weighted by atomic mass is 10.1. The summed E-state index contributed by atoms with van der Waals surface area (Å²) >= 11 is 0. The van der Waals surface area contributed by atoms with Gasteiger partial charge in [0.15, 0.2) is 0 Å². The maximum absolute atomic E-state index is 12.8. The van der Waals surface area contributed by atoms with E-state index in [1.165, 1.54) is 25.7 Å². The number of rotatable bonds is 27. The minimum atomic E-state index is -0.126. The molecule has 80 heavy (non-hydrogen) atoms. The highest BCUT2D eigenvalue weighted by molar-refractivity contribution is 6.08. The number of nitrogen functional groups attached to an aromatic ring is 2. The van der Waals surface area contributed by atoms with Crippen LogP contribution in [0.4, 0.5) is 11.9 Å². The normalized spacial score (nSPS) is 12.5. The van der Waals surface area contributed by atoms with Gasteiger partial charge in [-0.1, -0.05) is 63.1 Å². The zero-order valence-electron chi connectivity index (χ0n) is 46.0. The fourth-order valence-electron chi connectivity index (χ4n) is 9.48. The van der Waals surface area contributed by atoms with E-state index in [4.69, 9.17) is 32.0 Å². The van der Waals surface area contributed by atoms with Crippen LogP contribution in [0.3, 0.4) is 0 Å². The maximum Gasteiger partial charge on any atom is 0.251 e. The molecule has 2 amide bonds. The van der Waals surface area contributed by atoms with Crippen LogP contribution in [-0.2, 0) is 17.6 Å². The van der Waals surface area contributed by atoms with Crippen molar-refractivity contribution in [2.45, 2.75) is 58.8 Å². The third kappa shape index (κ3) is 16.5. The van der Waals surface area contributed by atoms with Crippen LogP contribution in [0.2, 0.25) is 0 Å². The number of ether oxygens (including phenoxy) is 1. The van der Waals surface area contributed by atoms with E-state index in [1.807, 2.05) is 97.1 Å². The van der Waals surface area contributed by atoms with Gasteiger partial charge in [0.25, 0.3) is 11.8 Å². The molecule has 4 aromatic heterocycles. The van der Waals surface area contributed by atoms with Crippen molar-refractivity contribution in [1.82, 2.24) is 50.3 Å². The lowest BCUT2D eigenvalue weighted by Crippen LogP contribution is -2.37. The molecule has 1 aliphatic rings. The molecule has 0 radical (unpaired) electrons. The minimum Gasteiger partial charge on any atom is -0.384 e. The summed E-state index contributed by atoms with van der Waals surface area (Å²) in [7, 11) is 0. The highest BCUT2D eigenvalue weighted by atomic mass is 16.5. The average molecular weight is 1080 g/mol. The zero-order valence-corrected chi connectivity index (χ0v) is 46.0. The van der Waals surface area contributed by atoms with Crippen molar-refractivity contribution in [3.8, 4) is 22.5 Å². The molecule has 1 fully saturated rings. The number of aromatic amines is 2. The van der Waals surface area contributed by atoms with E-state index in [0.29, 0.717) is 60.1 Å². The van der Waals surface area contributed by atoms with Crippen LogP contribution >= 0.6 is 0 Å². The standard InChI is InChI=1S/C32H42N8O.C29H34N8O2/c1-3-5-18-40(19-6-4-2)20-17-37-32-36-16-14-28(39-32)24-8-10-25(11-9-24)31(41)35-15-13-23-7-12-29-26(21-23)27(22-38-29)30(33)34;30-27(31)24-19-35-26-7-2-20(18-23(24)26)8-11-32-28(38)22-5-3-21(4-6-22)25-9-12-34-29(36-25)33-10-1-13-37-14-16-39-17-15-37/h7-12,14,16,21-22,38H,3-6,13,15,17-20H2,1-2H3,(H3,33,34)(H,35,41)(H,36,37,39);2-7,9,12,18-19,35H,1,8,10-11,13-17H2,(H3,30,31)(H,32,38)(H,33,34,36). The Balaban J connectivity index is 0.000000210. The van der Waals surface area contributed by atoms with Gasteiger partial charge in [-0.15, -0.1) is 0 Å². The second-order valence-corrected chi connectivity index (χ2v) is 19.9. The Kier molecular flexibility index (Phi) is 21.2. The van der Waals surface area contributed by atoms with Gasteiger partial charge in [-0.05, 0) is 124 Å². The van der Waals surface area contributed by atoms with Crippen LogP contribution in [-0.4, -0.2) is 142 Å². The monoisotopic (exact) mass is 1080 g/mol. The van der Waals surface area contributed by atoms with Crippen LogP contribution in [0.5, 0.6) is 0 Å². The smallest absolute Gasteiger partial charge is 0.251 e. The van der Waals surface area contributed by atoms with E-state index >= 15 is 0 Å². The quantitative estimate of drug-likeness (QED) is 0.0132. The summed E-state index contributed by atoms with van der Waals surface area (Å²) in [6.45, 7) is 14.9.